The maximum atomic E-state index is 14.0. The van der Waals surface area contributed by atoms with Gasteiger partial charge in [0.1, 0.15) is 10.8 Å². The van der Waals surface area contributed by atoms with Crippen LogP contribution in [0.1, 0.15) is 31.0 Å². The van der Waals surface area contributed by atoms with E-state index < -0.39 is 5.82 Å². The van der Waals surface area contributed by atoms with E-state index in [0.717, 1.165) is 0 Å². The predicted octanol–water partition coefficient (Wildman–Crippen LogP) is 2.05. The number of hydrogen-bond acceptors (Lipinski definition) is 2. The number of hydrogen-bond donors (Lipinski definition) is 1. The zero-order chi connectivity index (χ0) is 14.9. The molecule has 2 rings (SSSR count). The van der Waals surface area contributed by atoms with Gasteiger partial charge in [-0.1, -0.05) is 24.4 Å². The molecule has 0 spiro atoms. The van der Waals surface area contributed by atoms with Crippen LogP contribution in [0.25, 0.3) is 0 Å². The number of halogens is 1. The molecule has 0 amide bonds. The minimum atomic E-state index is -0.417. The van der Waals surface area contributed by atoms with Crippen molar-refractivity contribution >= 4 is 17.2 Å². The Labute approximate surface area is 121 Å². The summed E-state index contributed by atoms with van der Waals surface area (Å²) in [5.74, 6) is -0.417. The molecule has 0 aliphatic rings. The number of rotatable bonds is 4. The molecular formula is C14H16FN3OS. The highest BCUT2D eigenvalue weighted by atomic mass is 32.1. The molecule has 0 saturated carbocycles. The van der Waals surface area contributed by atoms with Gasteiger partial charge in [-0.15, -0.1) is 0 Å². The molecule has 0 radical (unpaired) electrons. The molecule has 0 saturated heterocycles. The first-order chi connectivity index (χ1) is 9.40. The summed E-state index contributed by atoms with van der Waals surface area (Å²) in [7, 11) is 0. The van der Waals surface area contributed by atoms with E-state index in [1.54, 1.807) is 29.1 Å². The van der Waals surface area contributed by atoms with Gasteiger partial charge in [0.25, 0.3) is 0 Å². The molecule has 0 fully saturated rings. The maximum absolute atomic E-state index is 14.0. The minimum Gasteiger partial charge on any atom is -0.389 e. The molecule has 2 aromatic rings. The van der Waals surface area contributed by atoms with Crippen molar-refractivity contribution < 1.29 is 4.39 Å². The van der Waals surface area contributed by atoms with Gasteiger partial charge in [-0.3, -0.25) is 9.13 Å². The molecule has 0 unspecified atom stereocenters. The zero-order valence-corrected chi connectivity index (χ0v) is 12.2. The number of nitrogens with zero attached hydrogens (tertiary/aromatic N) is 2. The van der Waals surface area contributed by atoms with Crippen LogP contribution in [0.5, 0.6) is 0 Å². The summed E-state index contributed by atoms with van der Waals surface area (Å²) in [6.07, 6.45) is 3.36. The van der Waals surface area contributed by atoms with Crippen molar-refractivity contribution in [3.63, 3.8) is 0 Å². The monoisotopic (exact) mass is 293 g/mol. The van der Waals surface area contributed by atoms with E-state index in [0.29, 0.717) is 11.1 Å². The predicted molar refractivity (Wildman–Crippen MR) is 80.5 cm³/mol. The quantitative estimate of drug-likeness (QED) is 0.878. The third-order valence-corrected chi connectivity index (χ3v) is 3.34. The molecule has 0 atom stereocenters. The lowest BCUT2D eigenvalue weighted by Gasteiger charge is -2.07. The largest absolute Gasteiger partial charge is 0.389 e. The molecule has 1 heterocycles. The van der Waals surface area contributed by atoms with Gasteiger partial charge in [0, 0.05) is 29.6 Å². The molecule has 0 aliphatic heterocycles. The van der Waals surface area contributed by atoms with E-state index in [9.17, 15) is 9.18 Å². The second kappa shape index (κ2) is 5.58. The van der Waals surface area contributed by atoms with E-state index in [1.165, 1.54) is 10.6 Å². The summed E-state index contributed by atoms with van der Waals surface area (Å²) < 4.78 is 17.0. The molecule has 2 N–H and O–H groups in total. The second-order valence-corrected chi connectivity index (χ2v) is 5.32. The van der Waals surface area contributed by atoms with Crippen molar-refractivity contribution in [2.24, 2.45) is 5.73 Å². The average molecular weight is 293 g/mol. The van der Waals surface area contributed by atoms with Gasteiger partial charge in [-0.05, 0) is 19.9 Å². The lowest BCUT2D eigenvalue weighted by molar-refractivity contribution is 0.553. The lowest BCUT2D eigenvalue weighted by atomic mass is 10.1. The van der Waals surface area contributed by atoms with Crippen molar-refractivity contribution in [1.82, 2.24) is 9.13 Å². The van der Waals surface area contributed by atoms with Crippen LogP contribution in [0.15, 0.2) is 35.4 Å². The second-order valence-electron chi connectivity index (χ2n) is 4.88. The Morgan fingerprint density at radius 3 is 2.60 bits per heavy atom. The standard InChI is InChI=1S/C14H16FN3OS/c1-9(2)18-6-5-17(14(18)19)8-11-4-3-10(13(16)20)7-12(11)15/h3-7,9H,8H2,1-2H3,(H2,16,20). The van der Waals surface area contributed by atoms with E-state index in [1.807, 2.05) is 13.8 Å². The Morgan fingerprint density at radius 2 is 2.10 bits per heavy atom. The first-order valence-corrected chi connectivity index (χ1v) is 6.66. The van der Waals surface area contributed by atoms with Crippen LogP contribution in [-0.2, 0) is 6.54 Å². The summed E-state index contributed by atoms with van der Waals surface area (Å²) >= 11 is 4.80. The smallest absolute Gasteiger partial charge is 0.328 e. The van der Waals surface area contributed by atoms with Gasteiger partial charge in [0.15, 0.2) is 0 Å². The van der Waals surface area contributed by atoms with Gasteiger partial charge >= 0.3 is 5.69 Å². The van der Waals surface area contributed by atoms with Crippen LogP contribution in [0.3, 0.4) is 0 Å². The van der Waals surface area contributed by atoms with Crippen LogP contribution < -0.4 is 11.4 Å². The van der Waals surface area contributed by atoms with E-state index in [-0.39, 0.29) is 23.3 Å². The van der Waals surface area contributed by atoms with E-state index in [2.05, 4.69) is 0 Å². The summed E-state index contributed by atoms with van der Waals surface area (Å²) in [4.78, 5) is 12.2. The van der Waals surface area contributed by atoms with Gasteiger partial charge in [-0.2, -0.15) is 0 Å². The van der Waals surface area contributed by atoms with E-state index >= 15 is 0 Å². The van der Waals surface area contributed by atoms with Crippen molar-refractivity contribution in [2.75, 3.05) is 0 Å². The molecule has 4 nitrogen and oxygen atoms in total. The number of aromatic nitrogens is 2. The fourth-order valence-corrected chi connectivity index (χ4v) is 2.08. The van der Waals surface area contributed by atoms with Crippen LogP contribution in [0.2, 0.25) is 0 Å². The van der Waals surface area contributed by atoms with Gasteiger partial charge < -0.3 is 5.73 Å². The molecule has 20 heavy (non-hydrogen) atoms. The van der Waals surface area contributed by atoms with Crippen LogP contribution in [0, 0.1) is 5.82 Å². The summed E-state index contributed by atoms with van der Waals surface area (Å²) in [6.45, 7) is 4.02. The van der Waals surface area contributed by atoms with Gasteiger partial charge in [0.2, 0.25) is 0 Å². The zero-order valence-electron chi connectivity index (χ0n) is 11.3. The molecule has 0 bridgehead atoms. The fraction of sp³-hybridized carbons (Fsp3) is 0.286. The summed E-state index contributed by atoms with van der Waals surface area (Å²) in [5.41, 5.74) is 6.20. The SMILES string of the molecule is CC(C)n1ccn(Cc2ccc(C(N)=S)cc2F)c1=O. The van der Waals surface area contributed by atoms with Gasteiger partial charge in [0.05, 0.1) is 6.54 Å². The molecular weight excluding hydrogens is 277 g/mol. The minimum absolute atomic E-state index is 0.0746. The van der Waals surface area contributed by atoms with Crippen molar-refractivity contribution in [2.45, 2.75) is 26.4 Å². The number of benzene rings is 1. The van der Waals surface area contributed by atoms with Crippen LogP contribution >= 0.6 is 12.2 Å². The maximum Gasteiger partial charge on any atom is 0.328 e. The molecule has 106 valence electrons. The Kier molecular flexibility index (Phi) is 4.04. The Balaban J connectivity index is 2.31. The highest BCUT2D eigenvalue weighted by molar-refractivity contribution is 7.80. The summed E-state index contributed by atoms with van der Waals surface area (Å²) in [6, 6.07) is 4.63. The first-order valence-electron chi connectivity index (χ1n) is 6.25. The molecule has 1 aromatic carbocycles. The molecule has 6 heteroatoms. The third kappa shape index (κ3) is 2.80. The highest BCUT2D eigenvalue weighted by Gasteiger charge is 2.10. The van der Waals surface area contributed by atoms with Crippen LogP contribution in [-0.4, -0.2) is 14.1 Å². The molecule has 0 aliphatic carbocycles. The van der Waals surface area contributed by atoms with Gasteiger partial charge in [-0.25, -0.2) is 9.18 Å². The Morgan fingerprint density at radius 1 is 1.40 bits per heavy atom. The number of nitrogens with two attached hydrogens (primary N) is 1. The fourth-order valence-electron chi connectivity index (χ4n) is 1.95. The van der Waals surface area contributed by atoms with E-state index in [4.69, 9.17) is 18.0 Å². The third-order valence-electron chi connectivity index (χ3n) is 3.11. The highest BCUT2D eigenvalue weighted by Crippen LogP contribution is 2.12. The summed E-state index contributed by atoms with van der Waals surface area (Å²) in [5, 5.41) is 0. The first kappa shape index (κ1) is 14.5. The number of imidazole rings is 1. The Hall–Kier alpha value is -1.95. The lowest BCUT2D eigenvalue weighted by Crippen LogP contribution is -2.25. The van der Waals surface area contributed by atoms with Crippen molar-refractivity contribution in [3.8, 4) is 0 Å². The van der Waals surface area contributed by atoms with Crippen molar-refractivity contribution in [3.05, 3.63) is 58.0 Å². The topological polar surface area (TPSA) is 52.9 Å². The average Bonchev–Trinajstić information content (AvgIpc) is 2.73. The number of thiocarbonyl (C=S) groups is 1. The normalized spacial score (nSPS) is 11.0. The Bertz CT molecular complexity index is 703. The van der Waals surface area contributed by atoms with Crippen LogP contribution in [0.4, 0.5) is 4.39 Å². The molecule has 1 aromatic heterocycles. The van der Waals surface area contributed by atoms with Crippen molar-refractivity contribution in [1.29, 1.82) is 0 Å².